The number of fused-ring (bicyclic) bond motifs is 1. The van der Waals surface area contributed by atoms with Crippen molar-refractivity contribution in [2.75, 3.05) is 6.54 Å². The molecule has 2 aromatic carbocycles. The summed E-state index contributed by atoms with van der Waals surface area (Å²) in [6.07, 6.45) is 4.07. The molecule has 0 saturated heterocycles. The number of hydrogen-bond acceptors (Lipinski definition) is 3. The van der Waals surface area contributed by atoms with E-state index in [2.05, 4.69) is 17.1 Å². The van der Waals surface area contributed by atoms with Crippen molar-refractivity contribution in [1.29, 1.82) is 0 Å². The number of carbonyl (C=O) groups is 2. The number of halogens is 2. The quantitative estimate of drug-likeness (QED) is 0.685. The van der Waals surface area contributed by atoms with Gasteiger partial charge in [0.15, 0.2) is 0 Å². The highest BCUT2D eigenvalue weighted by Gasteiger charge is 2.22. The van der Waals surface area contributed by atoms with Crippen LogP contribution in [0.4, 0.5) is 0 Å². The van der Waals surface area contributed by atoms with E-state index in [1.54, 1.807) is 36.7 Å². The molecule has 0 aliphatic carbocycles. The number of pyridine rings is 1. The Hall–Kier alpha value is -2.89. The molecule has 2 N–H and O–H groups in total. The Bertz CT molecular complexity index is 1030. The highest BCUT2D eigenvalue weighted by molar-refractivity contribution is 6.00. The Morgan fingerprint density at radius 3 is 2.38 bits per heavy atom. The van der Waals surface area contributed by atoms with Crippen molar-refractivity contribution in [3.63, 3.8) is 0 Å². The van der Waals surface area contributed by atoms with Gasteiger partial charge < -0.3 is 10.6 Å². The van der Waals surface area contributed by atoms with E-state index in [4.69, 9.17) is 5.73 Å². The van der Waals surface area contributed by atoms with Gasteiger partial charge in [-0.25, -0.2) is 0 Å². The second-order valence-corrected chi connectivity index (χ2v) is 6.61. The van der Waals surface area contributed by atoms with Crippen LogP contribution in [-0.4, -0.2) is 28.2 Å². The summed E-state index contributed by atoms with van der Waals surface area (Å²) >= 11 is 0. The first kappa shape index (κ1) is 22.4. The number of nitrogens with zero attached hydrogens (tertiary/aromatic N) is 2. The molecule has 0 fully saturated rings. The molecule has 0 bridgehead atoms. The molecule has 0 saturated carbocycles. The van der Waals surface area contributed by atoms with E-state index in [9.17, 15) is 9.59 Å². The van der Waals surface area contributed by atoms with E-state index in [1.807, 2.05) is 23.1 Å². The van der Waals surface area contributed by atoms with E-state index in [1.165, 1.54) is 5.56 Å². The molecule has 5 nitrogen and oxygen atoms in total. The van der Waals surface area contributed by atoms with Gasteiger partial charge in [-0.05, 0) is 52.9 Å². The Kier molecular flexibility index (Phi) is 7.37. The third-order valence-electron chi connectivity index (χ3n) is 4.94. The van der Waals surface area contributed by atoms with Crippen molar-refractivity contribution in [2.24, 2.45) is 5.73 Å². The van der Waals surface area contributed by atoms with Gasteiger partial charge in [-0.15, -0.1) is 24.8 Å². The highest BCUT2D eigenvalue weighted by Crippen LogP contribution is 2.29. The third kappa shape index (κ3) is 4.58. The summed E-state index contributed by atoms with van der Waals surface area (Å²) < 4.78 is 0. The van der Waals surface area contributed by atoms with Crippen LogP contribution in [-0.2, 0) is 13.0 Å². The van der Waals surface area contributed by atoms with Gasteiger partial charge >= 0.3 is 0 Å². The SMILES string of the molecule is Cl.Cl.NC(=O)c1ccccc1-c1ccc2c(c1)CN(C(=O)c1ccncc1)CC2. The molecule has 3 aromatic rings. The predicted octanol–water partition coefficient (Wildman–Crippen LogP) is 3.89. The second kappa shape index (κ2) is 9.54. The van der Waals surface area contributed by atoms with Crippen molar-refractivity contribution < 1.29 is 9.59 Å². The minimum atomic E-state index is -0.446. The monoisotopic (exact) mass is 429 g/mol. The van der Waals surface area contributed by atoms with Crippen LogP contribution in [0.3, 0.4) is 0 Å². The summed E-state index contributed by atoms with van der Waals surface area (Å²) in [4.78, 5) is 30.3. The fourth-order valence-electron chi connectivity index (χ4n) is 3.52. The van der Waals surface area contributed by atoms with Gasteiger partial charge in [0, 0.05) is 36.6 Å². The van der Waals surface area contributed by atoms with E-state index in [0.29, 0.717) is 24.2 Å². The standard InChI is InChI=1S/C22H19N3O2.2ClH/c23-21(26)20-4-2-1-3-19(20)17-6-5-15-9-12-25(14-18(15)13-17)22(27)16-7-10-24-11-8-16;;/h1-8,10-11,13H,9,12,14H2,(H2,23,26);2*1H. The van der Waals surface area contributed by atoms with Crippen LogP contribution < -0.4 is 5.73 Å². The first-order valence-corrected chi connectivity index (χ1v) is 8.84. The number of hydrogen-bond donors (Lipinski definition) is 1. The van der Waals surface area contributed by atoms with E-state index in [-0.39, 0.29) is 30.7 Å². The lowest BCUT2D eigenvalue weighted by molar-refractivity contribution is 0.0734. The minimum Gasteiger partial charge on any atom is -0.366 e. The second-order valence-electron chi connectivity index (χ2n) is 6.61. The van der Waals surface area contributed by atoms with Gasteiger partial charge in [-0.2, -0.15) is 0 Å². The van der Waals surface area contributed by atoms with Crippen LogP contribution in [0.1, 0.15) is 31.8 Å². The maximum atomic E-state index is 12.7. The summed E-state index contributed by atoms with van der Waals surface area (Å²) in [7, 11) is 0. The smallest absolute Gasteiger partial charge is 0.254 e. The van der Waals surface area contributed by atoms with Crippen LogP contribution in [0.15, 0.2) is 67.0 Å². The lowest BCUT2D eigenvalue weighted by Crippen LogP contribution is -2.36. The van der Waals surface area contributed by atoms with Crippen LogP contribution in [0.5, 0.6) is 0 Å². The third-order valence-corrected chi connectivity index (χ3v) is 4.94. The maximum absolute atomic E-state index is 12.7. The van der Waals surface area contributed by atoms with Gasteiger partial charge in [0.05, 0.1) is 0 Å². The molecule has 2 amide bonds. The first-order valence-electron chi connectivity index (χ1n) is 8.84. The van der Waals surface area contributed by atoms with Crippen molar-refractivity contribution in [1.82, 2.24) is 9.88 Å². The van der Waals surface area contributed by atoms with Gasteiger partial charge in [0.25, 0.3) is 5.91 Å². The number of primary amides is 1. The van der Waals surface area contributed by atoms with Gasteiger partial charge in [-0.1, -0.05) is 30.3 Å². The molecule has 4 rings (SSSR count). The number of rotatable bonds is 3. The minimum absolute atomic E-state index is 0. The van der Waals surface area contributed by atoms with E-state index < -0.39 is 5.91 Å². The first-order chi connectivity index (χ1) is 13.1. The highest BCUT2D eigenvalue weighted by atomic mass is 35.5. The average Bonchev–Trinajstić information content (AvgIpc) is 2.73. The zero-order chi connectivity index (χ0) is 18.8. The van der Waals surface area contributed by atoms with E-state index >= 15 is 0 Å². The molecule has 29 heavy (non-hydrogen) atoms. The Morgan fingerprint density at radius 2 is 1.66 bits per heavy atom. The predicted molar refractivity (Wildman–Crippen MR) is 118 cm³/mol. The number of amides is 2. The normalized spacial score (nSPS) is 12.2. The zero-order valence-corrected chi connectivity index (χ0v) is 17.2. The van der Waals surface area contributed by atoms with Crippen LogP contribution in [0.25, 0.3) is 11.1 Å². The lowest BCUT2D eigenvalue weighted by Gasteiger charge is -2.29. The van der Waals surface area contributed by atoms with Gasteiger partial charge in [-0.3, -0.25) is 14.6 Å². The number of aromatic nitrogens is 1. The Morgan fingerprint density at radius 1 is 0.931 bits per heavy atom. The molecule has 0 atom stereocenters. The molecule has 150 valence electrons. The van der Waals surface area contributed by atoms with Crippen molar-refractivity contribution >= 4 is 36.6 Å². The van der Waals surface area contributed by atoms with Gasteiger partial charge in [0.1, 0.15) is 0 Å². The molecule has 0 radical (unpaired) electrons. The molecule has 7 heteroatoms. The maximum Gasteiger partial charge on any atom is 0.254 e. The summed E-state index contributed by atoms with van der Waals surface area (Å²) in [6, 6.07) is 16.9. The summed E-state index contributed by atoms with van der Waals surface area (Å²) in [5.41, 5.74) is 10.7. The lowest BCUT2D eigenvalue weighted by atomic mass is 9.92. The fourth-order valence-corrected chi connectivity index (χ4v) is 3.52. The molecular weight excluding hydrogens is 409 g/mol. The van der Waals surface area contributed by atoms with Crippen LogP contribution in [0, 0.1) is 0 Å². The Labute approximate surface area is 181 Å². The van der Waals surface area contributed by atoms with Crippen LogP contribution >= 0.6 is 24.8 Å². The molecule has 0 unspecified atom stereocenters. The largest absolute Gasteiger partial charge is 0.366 e. The fraction of sp³-hybridized carbons (Fsp3) is 0.136. The molecule has 0 spiro atoms. The molecule has 1 aliphatic heterocycles. The molecule has 1 aromatic heterocycles. The Balaban J connectivity index is 0.00000150. The summed E-state index contributed by atoms with van der Waals surface area (Å²) in [6.45, 7) is 1.23. The van der Waals surface area contributed by atoms with Crippen LogP contribution in [0.2, 0.25) is 0 Å². The van der Waals surface area contributed by atoms with Crippen molar-refractivity contribution in [3.05, 3.63) is 89.2 Å². The van der Waals surface area contributed by atoms with Gasteiger partial charge in [0.2, 0.25) is 5.91 Å². The molecular formula is C22H21Cl2N3O2. The van der Waals surface area contributed by atoms with E-state index in [0.717, 1.165) is 23.1 Å². The van der Waals surface area contributed by atoms with Crippen molar-refractivity contribution in [2.45, 2.75) is 13.0 Å². The zero-order valence-electron chi connectivity index (χ0n) is 15.6. The number of nitrogens with two attached hydrogens (primary N) is 1. The summed E-state index contributed by atoms with van der Waals surface area (Å²) in [5, 5.41) is 0. The average molecular weight is 430 g/mol. The summed E-state index contributed by atoms with van der Waals surface area (Å²) in [5.74, 6) is -0.441. The number of benzene rings is 2. The number of carbonyl (C=O) groups excluding carboxylic acids is 2. The van der Waals surface area contributed by atoms with Crippen molar-refractivity contribution in [3.8, 4) is 11.1 Å². The molecule has 1 aliphatic rings. The topological polar surface area (TPSA) is 76.3 Å². The molecule has 2 heterocycles.